The fourth-order valence-corrected chi connectivity index (χ4v) is 1.70. The molecule has 0 bridgehead atoms. The molecule has 0 spiro atoms. The lowest BCUT2D eigenvalue weighted by Crippen LogP contribution is -2.38. The first-order chi connectivity index (χ1) is 8.63. The molecule has 18 heavy (non-hydrogen) atoms. The van der Waals surface area contributed by atoms with E-state index in [0.717, 1.165) is 23.3 Å². The Morgan fingerprint density at radius 2 is 1.83 bits per heavy atom. The molecule has 2 rings (SSSR count). The monoisotopic (exact) mass is 264 g/mol. The summed E-state index contributed by atoms with van der Waals surface area (Å²) in [7, 11) is 0. The number of rotatable bonds is 5. The van der Waals surface area contributed by atoms with Crippen LogP contribution >= 0.6 is 12.6 Å². The highest BCUT2D eigenvalue weighted by Crippen LogP contribution is 2.18. The molecular weight excluding hydrogens is 248 g/mol. The molecule has 5 heteroatoms. The van der Waals surface area contributed by atoms with E-state index >= 15 is 0 Å². The first-order valence-electron chi connectivity index (χ1n) is 5.97. The Morgan fingerprint density at radius 1 is 1.17 bits per heavy atom. The summed E-state index contributed by atoms with van der Waals surface area (Å²) in [5.41, 5.74) is 0.910. The Hall–Kier alpha value is -1.49. The summed E-state index contributed by atoms with van der Waals surface area (Å²) in [6.45, 7) is 0.0555. The Balaban J connectivity index is 1.70. The van der Waals surface area contributed by atoms with Crippen LogP contribution in [-0.4, -0.2) is 24.4 Å². The third-order valence-corrected chi connectivity index (χ3v) is 2.99. The minimum absolute atomic E-state index is 0.0555. The number of carbonyl (C=O) groups is 2. The molecule has 0 radical (unpaired) electrons. The van der Waals surface area contributed by atoms with Gasteiger partial charge in [0.2, 0.25) is 11.8 Å². The van der Waals surface area contributed by atoms with E-state index in [-0.39, 0.29) is 24.8 Å². The van der Waals surface area contributed by atoms with E-state index in [0.29, 0.717) is 6.04 Å². The third-order valence-electron chi connectivity index (χ3n) is 2.69. The van der Waals surface area contributed by atoms with Gasteiger partial charge in [-0.1, -0.05) is 12.1 Å². The zero-order chi connectivity index (χ0) is 13.0. The minimum Gasteiger partial charge on any atom is -0.352 e. The fraction of sp³-hybridized carbons (Fsp3) is 0.385. The van der Waals surface area contributed by atoms with Crippen molar-refractivity contribution in [1.82, 2.24) is 10.6 Å². The van der Waals surface area contributed by atoms with Crippen LogP contribution in [0.3, 0.4) is 0 Å². The maximum atomic E-state index is 11.6. The van der Waals surface area contributed by atoms with Gasteiger partial charge in [-0.15, -0.1) is 12.6 Å². The van der Waals surface area contributed by atoms with Crippen molar-refractivity contribution in [2.24, 2.45) is 0 Å². The molecule has 0 unspecified atom stereocenters. The zero-order valence-electron chi connectivity index (χ0n) is 9.98. The van der Waals surface area contributed by atoms with Gasteiger partial charge in [-0.05, 0) is 30.5 Å². The van der Waals surface area contributed by atoms with E-state index < -0.39 is 0 Å². The molecule has 96 valence electrons. The highest BCUT2D eigenvalue weighted by atomic mass is 32.1. The second-order valence-electron chi connectivity index (χ2n) is 4.46. The Labute approximate surface area is 112 Å². The van der Waals surface area contributed by atoms with Gasteiger partial charge < -0.3 is 10.6 Å². The van der Waals surface area contributed by atoms with Crippen LogP contribution < -0.4 is 10.6 Å². The Kier molecular flexibility index (Phi) is 4.25. The lowest BCUT2D eigenvalue weighted by molar-refractivity contribution is -0.125. The number of nitrogens with one attached hydrogen (secondary N) is 2. The molecule has 0 aliphatic heterocycles. The van der Waals surface area contributed by atoms with Crippen molar-refractivity contribution in [2.75, 3.05) is 6.54 Å². The first-order valence-corrected chi connectivity index (χ1v) is 6.42. The zero-order valence-corrected chi connectivity index (χ0v) is 10.9. The lowest BCUT2D eigenvalue weighted by atomic mass is 10.1. The normalized spacial score (nSPS) is 14.1. The molecule has 0 saturated heterocycles. The highest BCUT2D eigenvalue weighted by molar-refractivity contribution is 7.80. The van der Waals surface area contributed by atoms with Crippen molar-refractivity contribution >= 4 is 24.4 Å². The predicted octanol–water partition coefficient (Wildman–Crippen LogP) is 0.913. The average molecular weight is 264 g/mol. The maximum Gasteiger partial charge on any atom is 0.239 e. The van der Waals surface area contributed by atoms with E-state index in [4.69, 9.17) is 0 Å². The number of benzene rings is 1. The van der Waals surface area contributed by atoms with Crippen molar-refractivity contribution in [3.05, 3.63) is 29.8 Å². The quantitative estimate of drug-likeness (QED) is 0.692. The smallest absolute Gasteiger partial charge is 0.239 e. The van der Waals surface area contributed by atoms with Crippen molar-refractivity contribution in [1.29, 1.82) is 0 Å². The van der Waals surface area contributed by atoms with E-state index in [1.807, 2.05) is 24.3 Å². The summed E-state index contributed by atoms with van der Waals surface area (Å²) in [5, 5.41) is 5.43. The van der Waals surface area contributed by atoms with Crippen molar-refractivity contribution < 1.29 is 9.59 Å². The average Bonchev–Trinajstić information content (AvgIpc) is 3.13. The van der Waals surface area contributed by atoms with Crippen LogP contribution in [0.2, 0.25) is 0 Å². The first kappa shape index (κ1) is 13.0. The molecule has 2 N–H and O–H groups in total. The molecule has 1 fully saturated rings. The van der Waals surface area contributed by atoms with Gasteiger partial charge in [0, 0.05) is 10.9 Å². The van der Waals surface area contributed by atoms with Crippen molar-refractivity contribution in [2.45, 2.75) is 30.2 Å². The van der Waals surface area contributed by atoms with Gasteiger partial charge in [-0.3, -0.25) is 9.59 Å². The third kappa shape index (κ3) is 4.41. The van der Waals surface area contributed by atoms with Crippen LogP contribution in [0.5, 0.6) is 0 Å². The summed E-state index contributed by atoms with van der Waals surface area (Å²) in [4.78, 5) is 23.8. The van der Waals surface area contributed by atoms with Crippen LogP contribution in [0.1, 0.15) is 18.4 Å². The molecule has 2 amide bonds. The van der Waals surface area contributed by atoms with Crippen LogP contribution in [0.15, 0.2) is 29.2 Å². The van der Waals surface area contributed by atoms with Gasteiger partial charge >= 0.3 is 0 Å². The van der Waals surface area contributed by atoms with Gasteiger partial charge in [0.05, 0.1) is 13.0 Å². The SMILES string of the molecule is O=C(Cc1ccc(S)cc1)NCC(=O)NC1CC1. The summed E-state index contributed by atoms with van der Waals surface area (Å²) in [5.74, 6) is -0.260. The predicted molar refractivity (Wildman–Crippen MR) is 71.6 cm³/mol. The standard InChI is InChI=1S/C13H16N2O2S/c16-12(7-9-1-5-11(18)6-2-9)14-8-13(17)15-10-3-4-10/h1-2,5-6,10,18H,3-4,7-8H2,(H,14,16)(H,15,17). The minimum atomic E-state index is -0.145. The molecule has 0 aromatic heterocycles. The van der Waals surface area contributed by atoms with Gasteiger partial charge in [0.1, 0.15) is 0 Å². The second kappa shape index (κ2) is 5.91. The van der Waals surface area contributed by atoms with E-state index in [1.165, 1.54) is 0 Å². The lowest BCUT2D eigenvalue weighted by Gasteiger charge is -2.06. The van der Waals surface area contributed by atoms with Crippen LogP contribution in [0, 0.1) is 0 Å². The van der Waals surface area contributed by atoms with E-state index in [2.05, 4.69) is 23.3 Å². The summed E-state index contributed by atoms with van der Waals surface area (Å²) >= 11 is 4.17. The van der Waals surface area contributed by atoms with Crippen molar-refractivity contribution in [3.63, 3.8) is 0 Å². The number of hydrogen-bond donors (Lipinski definition) is 3. The number of amides is 2. The fourth-order valence-electron chi connectivity index (χ4n) is 1.55. The molecule has 1 aromatic rings. The Bertz CT molecular complexity index is 441. The number of hydrogen-bond acceptors (Lipinski definition) is 3. The van der Waals surface area contributed by atoms with E-state index in [9.17, 15) is 9.59 Å². The highest BCUT2D eigenvalue weighted by Gasteiger charge is 2.23. The molecule has 0 heterocycles. The van der Waals surface area contributed by atoms with Crippen LogP contribution in [-0.2, 0) is 16.0 Å². The Morgan fingerprint density at radius 3 is 2.44 bits per heavy atom. The van der Waals surface area contributed by atoms with E-state index in [1.54, 1.807) is 0 Å². The summed E-state index contributed by atoms with van der Waals surface area (Å²) < 4.78 is 0. The van der Waals surface area contributed by atoms with Crippen molar-refractivity contribution in [3.8, 4) is 0 Å². The van der Waals surface area contributed by atoms with Crippen LogP contribution in [0.25, 0.3) is 0 Å². The summed E-state index contributed by atoms with van der Waals surface area (Å²) in [6, 6.07) is 7.72. The maximum absolute atomic E-state index is 11.6. The van der Waals surface area contributed by atoms with Gasteiger partial charge in [0.15, 0.2) is 0 Å². The van der Waals surface area contributed by atoms with Gasteiger partial charge in [0.25, 0.3) is 0 Å². The van der Waals surface area contributed by atoms with Crippen LogP contribution in [0.4, 0.5) is 0 Å². The summed E-state index contributed by atoms with van der Waals surface area (Å²) in [6.07, 6.45) is 2.39. The molecule has 1 aromatic carbocycles. The van der Waals surface area contributed by atoms with Gasteiger partial charge in [-0.25, -0.2) is 0 Å². The number of thiol groups is 1. The molecule has 1 aliphatic rings. The largest absolute Gasteiger partial charge is 0.352 e. The van der Waals surface area contributed by atoms with Gasteiger partial charge in [-0.2, -0.15) is 0 Å². The molecule has 1 saturated carbocycles. The topological polar surface area (TPSA) is 58.2 Å². The number of carbonyl (C=O) groups excluding carboxylic acids is 2. The second-order valence-corrected chi connectivity index (χ2v) is 4.98. The molecule has 1 aliphatic carbocycles. The molecule has 4 nitrogen and oxygen atoms in total. The molecule has 0 atom stereocenters. The molecular formula is C13H16N2O2S.